The molecule has 0 fully saturated rings. The molecule has 1 aromatic heterocycles. The average molecular weight is 307 g/mol. The predicted molar refractivity (Wildman–Crippen MR) is 79.1 cm³/mol. The lowest BCUT2D eigenvalue weighted by molar-refractivity contribution is 0.395. The first kappa shape index (κ1) is 15.4. The van der Waals surface area contributed by atoms with Crippen molar-refractivity contribution < 1.29 is 13.2 Å². The predicted octanol–water partition coefficient (Wildman–Crippen LogP) is 1.03. The molecule has 0 spiro atoms. The Hall–Kier alpha value is -1.96. The van der Waals surface area contributed by atoms with Gasteiger partial charge in [-0.15, -0.1) is 0 Å². The topological polar surface area (TPSA) is 94.3 Å². The Bertz CT molecular complexity index is 700. The lowest BCUT2D eigenvalue weighted by Crippen LogP contribution is -2.15. The van der Waals surface area contributed by atoms with Crippen molar-refractivity contribution in [2.75, 3.05) is 7.11 Å². The van der Waals surface area contributed by atoms with Crippen LogP contribution >= 0.6 is 0 Å². The van der Waals surface area contributed by atoms with Crippen molar-refractivity contribution in [2.24, 2.45) is 5.14 Å². The van der Waals surface area contributed by atoms with Crippen LogP contribution in [0.4, 0.5) is 0 Å². The fourth-order valence-corrected chi connectivity index (χ4v) is 2.32. The van der Waals surface area contributed by atoms with Crippen molar-refractivity contribution in [3.05, 3.63) is 53.7 Å². The van der Waals surface area contributed by atoms with Gasteiger partial charge in [0.1, 0.15) is 0 Å². The second-order valence-electron chi connectivity index (χ2n) is 4.46. The minimum Gasteiger partial charge on any atom is -0.481 e. The third-order valence-electron chi connectivity index (χ3n) is 2.88. The summed E-state index contributed by atoms with van der Waals surface area (Å²) in [6.07, 6.45) is 0. The van der Waals surface area contributed by atoms with Gasteiger partial charge in [-0.05, 0) is 23.8 Å². The molecule has 0 bridgehead atoms. The van der Waals surface area contributed by atoms with E-state index in [0.29, 0.717) is 19.0 Å². The van der Waals surface area contributed by atoms with Gasteiger partial charge in [-0.3, -0.25) is 0 Å². The minimum atomic E-state index is -3.64. The maximum atomic E-state index is 11.1. The minimum absolute atomic E-state index is 0.112. The van der Waals surface area contributed by atoms with Crippen LogP contribution in [0.25, 0.3) is 0 Å². The molecule has 0 amide bonds. The number of primary sulfonamides is 1. The van der Waals surface area contributed by atoms with Gasteiger partial charge in [-0.2, -0.15) is 0 Å². The molecule has 0 saturated carbocycles. The van der Waals surface area contributed by atoms with Crippen LogP contribution in [0.15, 0.2) is 47.4 Å². The van der Waals surface area contributed by atoms with E-state index in [1.807, 2.05) is 12.1 Å². The molecular formula is C14H17N3O3S. The lowest BCUT2D eigenvalue weighted by atomic mass is 10.2. The average Bonchev–Trinajstić information content (AvgIpc) is 2.47. The second-order valence-corrected chi connectivity index (χ2v) is 6.03. The van der Waals surface area contributed by atoms with E-state index in [1.165, 1.54) is 12.1 Å². The van der Waals surface area contributed by atoms with Crippen LogP contribution in [-0.2, 0) is 23.1 Å². The van der Waals surface area contributed by atoms with Crippen LogP contribution in [0.2, 0.25) is 0 Å². The maximum Gasteiger partial charge on any atom is 0.238 e. The number of nitrogens with zero attached hydrogens (tertiary/aromatic N) is 1. The Morgan fingerprint density at radius 1 is 1.14 bits per heavy atom. The molecule has 2 rings (SSSR count). The van der Waals surface area contributed by atoms with Gasteiger partial charge in [0.15, 0.2) is 0 Å². The van der Waals surface area contributed by atoms with E-state index in [0.717, 1.165) is 11.3 Å². The molecule has 0 atom stereocenters. The van der Waals surface area contributed by atoms with Gasteiger partial charge < -0.3 is 10.1 Å². The van der Waals surface area contributed by atoms with Gasteiger partial charge in [0, 0.05) is 19.2 Å². The highest BCUT2D eigenvalue weighted by atomic mass is 32.2. The third kappa shape index (κ3) is 4.52. The zero-order valence-electron chi connectivity index (χ0n) is 11.6. The number of pyridine rings is 1. The summed E-state index contributed by atoms with van der Waals surface area (Å²) in [6.45, 7) is 1.19. The molecule has 0 radical (unpaired) electrons. The highest BCUT2D eigenvalue weighted by Crippen LogP contribution is 2.09. The summed E-state index contributed by atoms with van der Waals surface area (Å²) >= 11 is 0. The molecule has 0 aliphatic rings. The fraction of sp³-hybridized carbons (Fsp3) is 0.214. The molecule has 6 nitrogen and oxygen atoms in total. The summed E-state index contributed by atoms with van der Waals surface area (Å²) < 4.78 is 27.3. The van der Waals surface area contributed by atoms with Crippen LogP contribution < -0.4 is 15.2 Å². The van der Waals surface area contributed by atoms with Crippen molar-refractivity contribution in [2.45, 2.75) is 18.0 Å². The highest BCUT2D eigenvalue weighted by molar-refractivity contribution is 7.89. The van der Waals surface area contributed by atoms with Crippen molar-refractivity contribution >= 4 is 10.0 Å². The number of nitrogens with one attached hydrogen (secondary N) is 1. The Morgan fingerprint density at radius 2 is 1.86 bits per heavy atom. The number of rotatable bonds is 6. The molecular weight excluding hydrogens is 290 g/mol. The van der Waals surface area contributed by atoms with Crippen LogP contribution in [-0.4, -0.2) is 20.5 Å². The quantitative estimate of drug-likeness (QED) is 0.831. The van der Waals surface area contributed by atoms with E-state index in [9.17, 15) is 8.42 Å². The highest BCUT2D eigenvalue weighted by Gasteiger charge is 2.06. The molecule has 7 heteroatoms. The second kappa shape index (κ2) is 6.66. The number of hydrogen-bond donors (Lipinski definition) is 2. The Kier molecular flexibility index (Phi) is 4.89. The van der Waals surface area contributed by atoms with Crippen LogP contribution in [0.3, 0.4) is 0 Å². The van der Waals surface area contributed by atoms with Crippen molar-refractivity contribution in [1.29, 1.82) is 0 Å². The molecule has 0 aliphatic carbocycles. The molecule has 112 valence electrons. The van der Waals surface area contributed by atoms with Gasteiger partial charge in [0.05, 0.1) is 17.7 Å². The Balaban J connectivity index is 1.91. The van der Waals surface area contributed by atoms with Gasteiger partial charge in [0.2, 0.25) is 15.9 Å². The first-order valence-corrected chi connectivity index (χ1v) is 7.86. The molecule has 0 saturated heterocycles. The number of benzene rings is 1. The molecule has 3 N–H and O–H groups in total. The summed E-state index contributed by atoms with van der Waals surface area (Å²) in [4.78, 5) is 4.40. The lowest BCUT2D eigenvalue weighted by Gasteiger charge is -2.06. The summed E-state index contributed by atoms with van der Waals surface area (Å²) in [5.41, 5.74) is 1.83. The van der Waals surface area contributed by atoms with E-state index in [4.69, 9.17) is 9.88 Å². The largest absolute Gasteiger partial charge is 0.481 e. The zero-order valence-corrected chi connectivity index (χ0v) is 12.4. The zero-order chi connectivity index (χ0) is 15.3. The number of ether oxygens (including phenoxy) is 1. The van der Waals surface area contributed by atoms with E-state index >= 15 is 0 Å². The van der Waals surface area contributed by atoms with Crippen molar-refractivity contribution in [1.82, 2.24) is 10.3 Å². The summed E-state index contributed by atoms with van der Waals surface area (Å²) in [6, 6.07) is 12.0. The van der Waals surface area contributed by atoms with Gasteiger partial charge in [-0.25, -0.2) is 18.5 Å². The number of methoxy groups -OCH3 is 1. The maximum absolute atomic E-state index is 11.1. The Morgan fingerprint density at radius 3 is 2.48 bits per heavy atom. The molecule has 1 heterocycles. The first-order chi connectivity index (χ1) is 9.99. The fourth-order valence-electron chi connectivity index (χ4n) is 1.80. The number of hydrogen-bond acceptors (Lipinski definition) is 5. The van der Waals surface area contributed by atoms with E-state index < -0.39 is 10.0 Å². The number of nitrogens with two attached hydrogens (primary N) is 1. The number of sulfonamides is 1. The third-order valence-corrected chi connectivity index (χ3v) is 3.81. The first-order valence-electron chi connectivity index (χ1n) is 6.31. The summed E-state index contributed by atoms with van der Waals surface area (Å²) in [5.74, 6) is 0.576. The molecule has 21 heavy (non-hydrogen) atoms. The van der Waals surface area contributed by atoms with E-state index in [2.05, 4.69) is 10.3 Å². The smallest absolute Gasteiger partial charge is 0.238 e. The summed E-state index contributed by atoms with van der Waals surface area (Å²) in [7, 11) is -2.06. The van der Waals surface area contributed by atoms with E-state index in [-0.39, 0.29) is 4.90 Å². The Labute approximate surface area is 124 Å². The van der Waals surface area contributed by atoms with Crippen molar-refractivity contribution in [3.8, 4) is 5.88 Å². The standard InChI is InChI=1S/C14H17N3O3S/c1-20-14-4-2-3-12(17-14)10-16-9-11-5-7-13(8-6-11)21(15,18)19/h2-8,16H,9-10H2,1H3,(H2,15,18,19). The monoisotopic (exact) mass is 307 g/mol. The number of aromatic nitrogens is 1. The molecule has 1 aromatic carbocycles. The van der Waals surface area contributed by atoms with Gasteiger partial charge in [-0.1, -0.05) is 18.2 Å². The normalized spacial score (nSPS) is 11.3. The van der Waals surface area contributed by atoms with Crippen LogP contribution in [0, 0.1) is 0 Å². The SMILES string of the molecule is COc1cccc(CNCc2ccc(S(N)(=O)=O)cc2)n1. The van der Waals surface area contributed by atoms with Crippen LogP contribution in [0.5, 0.6) is 5.88 Å². The van der Waals surface area contributed by atoms with E-state index in [1.54, 1.807) is 25.3 Å². The molecule has 0 unspecified atom stereocenters. The van der Waals surface area contributed by atoms with Crippen LogP contribution in [0.1, 0.15) is 11.3 Å². The molecule has 0 aliphatic heterocycles. The van der Waals surface area contributed by atoms with Gasteiger partial charge >= 0.3 is 0 Å². The van der Waals surface area contributed by atoms with Crippen molar-refractivity contribution in [3.63, 3.8) is 0 Å². The summed E-state index contributed by atoms with van der Waals surface area (Å²) in [5, 5.41) is 8.28. The van der Waals surface area contributed by atoms with Gasteiger partial charge in [0.25, 0.3) is 0 Å². The molecule has 2 aromatic rings.